The third kappa shape index (κ3) is 4.31. The molecule has 0 unspecified atom stereocenters. The summed E-state index contributed by atoms with van der Waals surface area (Å²) in [5.74, 6) is -0.205. The van der Waals surface area contributed by atoms with Crippen molar-refractivity contribution in [1.82, 2.24) is 10.6 Å². The highest BCUT2D eigenvalue weighted by atomic mass is 16.3. The number of nitrogens with one attached hydrogen (secondary N) is 2. The van der Waals surface area contributed by atoms with Gasteiger partial charge in [0.25, 0.3) is 11.8 Å². The third-order valence-corrected chi connectivity index (χ3v) is 4.28. The molecule has 1 atom stereocenters. The summed E-state index contributed by atoms with van der Waals surface area (Å²) in [6, 6.07) is 6.56. The summed E-state index contributed by atoms with van der Waals surface area (Å²) >= 11 is 0. The van der Waals surface area contributed by atoms with Crippen molar-refractivity contribution in [2.45, 2.75) is 38.2 Å². The summed E-state index contributed by atoms with van der Waals surface area (Å²) in [5, 5.41) is 15.5. The van der Waals surface area contributed by atoms with E-state index in [2.05, 4.69) is 10.6 Å². The Hall–Kier alpha value is -1.88. The van der Waals surface area contributed by atoms with Crippen LogP contribution < -0.4 is 10.6 Å². The van der Waals surface area contributed by atoms with Gasteiger partial charge in [0.1, 0.15) is 0 Å². The van der Waals surface area contributed by atoms with Gasteiger partial charge in [-0.25, -0.2) is 0 Å². The normalized spacial score (nSPS) is 16.8. The highest BCUT2D eigenvalue weighted by molar-refractivity contribution is 5.99. The predicted octanol–water partition coefficient (Wildman–Crippen LogP) is 1.72. The van der Waals surface area contributed by atoms with Crippen molar-refractivity contribution in [1.29, 1.82) is 0 Å². The van der Waals surface area contributed by atoms with Crippen LogP contribution in [-0.4, -0.2) is 36.6 Å². The Kier molecular flexibility index (Phi) is 5.95. The first kappa shape index (κ1) is 16.5. The fraction of sp³-hybridized carbons (Fsp3) is 0.529. The van der Waals surface area contributed by atoms with E-state index in [4.69, 9.17) is 0 Å². The molecule has 0 aliphatic heterocycles. The first-order valence-electron chi connectivity index (χ1n) is 7.90. The van der Waals surface area contributed by atoms with Crippen molar-refractivity contribution < 1.29 is 14.7 Å². The second kappa shape index (κ2) is 7.94. The van der Waals surface area contributed by atoms with Crippen LogP contribution in [0.3, 0.4) is 0 Å². The Balaban J connectivity index is 1.90. The van der Waals surface area contributed by atoms with Crippen LogP contribution in [-0.2, 0) is 0 Å². The number of rotatable bonds is 5. The topological polar surface area (TPSA) is 78.4 Å². The van der Waals surface area contributed by atoms with E-state index in [0.717, 1.165) is 25.7 Å². The maximum atomic E-state index is 12.1. The van der Waals surface area contributed by atoms with Gasteiger partial charge in [0.05, 0.1) is 6.10 Å². The van der Waals surface area contributed by atoms with E-state index in [1.54, 1.807) is 31.3 Å². The van der Waals surface area contributed by atoms with Crippen LogP contribution in [0.5, 0.6) is 0 Å². The van der Waals surface area contributed by atoms with Gasteiger partial charge in [0.15, 0.2) is 0 Å². The van der Waals surface area contributed by atoms with Crippen molar-refractivity contribution >= 4 is 11.8 Å². The van der Waals surface area contributed by atoms with E-state index < -0.39 is 6.10 Å². The number of benzene rings is 1. The Labute approximate surface area is 131 Å². The second-order valence-corrected chi connectivity index (χ2v) is 5.84. The molecular weight excluding hydrogens is 280 g/mol. The zero-order valence-corrected chi connectivity index (χ0v) is 13.0. The fourth-order valence-corrected chi connectivity index (χ4v) is 2.93. The van der Waals surface area contributed by atoms with Gasteiger partial charge in [0.2, 0.25) is 0 Å². The zero-order chi connectivity index (χ0) is 15.9. The van der Waals surface area contributed by atoms with Gasteiger partial charge in [-0.05, 0) is 37.0 Å². The van der Waals surface area contributed by atoms with E-state index >= 15 is 0 Å². The average molecular weight is 304 g/mol. The number of amides is 2. The van der Waals surface area contributed by atoms with Crippen LogP contribution in [0.25, 0.3) is 0 Å². The Bertz CT molecular complexity index is 524. The van der Waals surface area contributed by atoms with E-state index in [0.29, 0.717) is 11.1 Å². The zero-order valence-electron chi connectivity index (χ0n) is 13.0. The first-order valence-corrected chi connectivity index (χ1v) is 7.90. The van der Waals surface area contributed by atoms with Crippen LogP contribution in [0.4, 0.5) is 0 Å². The average Bonchev–Trinajstić information content (AvgIpc) is 2.59. The summed E-state index contributed by atoms with van der Waals surface area (Å²) < 4.78 is 0. The molecule has 0 heterocycles. The molecule has 0 spiro atoms. The van der Waals surface area contributed by atoms with Crippen LogP contribution in [0, 0.1) is 5.92 Å². The largest absolute Gasteiger partial charge is 0.391 e. The van der Waals surface area contributed by atoms with Gasteiger partial charge in [-0.1, -0.05) is 25.3 Å². The molecule has 0 aromatic heterocycles. The standard InChI is InChI=1S/C17H24N2O3/c1-18-16(21)13-8-5-9-14(10-13)17(22)19-11-15(20)12-6-3-2-4-7-12/h5,8-10,12,15,20H,2-4,6-7,11H2,1H3,(H,18,21)(H,19,22)/t15-/m1/s1. The number of hydrogen-bond acceptors (Lipinski definition) is 3. The summed E-state index contributed by atoms with van der Waals surface area (Å²) in [7, 11) is 1.55. The minimum absolute atomic E-state index is 0.225. The van der Waals surface area contributed by atoms with Gasteiger partial charge in [-0.2, -0.15) is 0 Å². The Morgan fingerprint density at radius 1 is 1.18 bits per heavy atom. The number of carbonyl (C=O) groups excluding carboxylic acids is 2. The summed E-state index contributed by atoms with van der Waals surface area (Å²) in [6.45, 7) is 0.258. The molecule has 120 valence electrons. The molecule has 0 radical (unpaired) electrons. The van der Waals surface area contributed by atoms with E-state index in [9.17, 15) is 14.7 Å². The molecular formula is C17H24N2O3. The van der Waals surface area contributed by atoms with Gasteiger partial charge in [0, 0.05) is 24.7 Å². The third-order valence-electron chi connectivity index (χ3n) is 4.28. The molecule has 5 heteroatoms. The van der Waals surface area contributed by atoms with E-state index in [-0.39, 0.29) is 24.3 Å². The maximum absolute atomic E-state index is 12.1. The minimum Gasteiger partial charge on any atom is -0.391 e. The summed E-state index contributed by atoms with van der Waals surface area (Å²) in [4.78, 5) is 23.7. The van der Waals surface area contributed by atoms with Crippen LogP contribution in [0.1, 0.15) is 52.8 Å². The SMILES string of the molecule is CNC(=O)c1cccc(C(=O)NC[C@@H](O)C2CCCCC2)c1. The molecule has 0 saturated heterocycles. The Morgan fingerprint density at radius 2 is 1.82 bits per heavy atom. The minimum atomic E-state index is -0.494. The molecule has 5 nitrogen and oxygen atoms in total. The molecule has 1 aromatic carbocycles. The van der Waals surface area contributed by atoms with Crippen molar-refractivity contribution in [3.05, 3.63) is 35.4 Å². The van der Waals surface area contributed by atoms with Crippen LogP contribution >= 0.6 is 0 Å². The first-order chi connectivity index (χ1) is 10.6. The second-order valence-electron chi connectivity index (χ2n) is 5.84. The highest BCUT2D eigenvalue weighted by Crippen LogP contribution is 2.26. The van der Waals surface area contributed by atoms with Gasteiger partial charge >= 0.3 is 0 Å². The molecule has 3 N–H and O–H groups in total. The molecule has 1 fully saturated rings. The molecule has 22 heavy (non-hydrogen) atoms. The monoisotopic (exact) mass is 304 g/mol. The van der Waals surface area contributed by atoms with Crippen LogP contribution in [0.2, 0.25) is 0 Å². The lowest BCUT2D eigenvalue weighted by molar-refractivity contribution is 0.0738. The van der Waals surface area contributed by atoms with Gasteiger partial charge in [-0.15, -0.1) is 0 Å². The molecule has 1 aliphatic rings. The maximum Gasteiger partial charge on any atom is 0.251 e. The molecule has 1 saturated carbocycles. The van der Waals surface area contributed by atoms with Crippen molar-refractivity contribution in [3.63, 3.8) is 0 Å². The quantitative estimate of drug-likeness (QED) is 0.775. The Morgan fingerprint density at radius 3 is 2.45 bits per heavy atom. The van der Waals surface area contributed by atoms with Crippen molar-refractivity contribution in [3.8, 4) is 0 Å². The van der Waals surface area contributed by atoms with Crippen LogP contribution in [0.15, 0.2) is 24.3 Å². The lowest BCUT2D eigenvalue weighted by Gasteiger charge is -2.26. The molecule has 2 amide bonds. The number of carbonyl (C=O) groups is 2. The lowest BCUT2D eigenvalue weighted by Crippen LogP contribution is -2.37. The summed E-state index contributed by atoms with van der Waals surface area (Å²) in [5.41, 5.74) is 0.875. The molecule has 1 aromatic rings. The fourth-order valence-electron chi connectivity index (χ4n) is 2.93. The smallest absolute Gasteiger partial charge is 0.251 e. The molecule has 1 aliphatic carbocycles. The van der Waals surface area contributed by atoms with Gasteiger partial charge < -0.3 is 15.7 Å². The van der Waals surface area contributed by atoms with E-state index in [1.807, 2.05) is 0 Å². The van der Waals surface area contributed by atoms with E-state index in [1.165, 1.54) is 6.42 Å². The molecule has 2 rings (SSSR count). The number of aliphatic hydroxyl groups excluding tert-OH is 1. The van der Waals surface area contributed by atoms with Crippen molar-refractivity contribution in [2.24, 2.45) is 5.92 Å². The van der Waals surface area contributed by atoms with Crippen molar-refractivity contribution in [2.75, 3.05) is 13.6 Å². The highest BCUT2D eigenvalue weighted by Gasteiger charge is 2.22. The summed E-state index contributed by atoms with van der Waals surface area (Å²) in [6.07, 6.45) is 5.12. The number of hydrogen-bond donors (Lipinski definition) is 3. The van der Waals surface area contributed by atoms with Gasteiger partial charge in [-0.3, -0.25) is 9.59 Å². The molecule has 0 bridgehead atoms. The predicted molar refractivity (Wildman–Crippen MR) is 84.7 cm³/mol. The lowest BCUT2D eigenvalue weighted by atomic mass is 9.85. The number of aliphatic hydroxyl groups is 1.